The summed E-state index contributed by atoms with van der Waals surface area (Å²) in [4.78, 5) is 11.0. The third kappa shape index (κ3) is 3.82. The molecule has 0 heterocycles. The fourth-order valence-electron chi connectivity index (χ4n) is 1.42. The Morgan fingerprint density at radius 3 is 2.76 bits per heavy atom. The molecule has 0 aliphatic heterocycles. The van der Waals surface area contributed by atoms with Crippen LogP contribution < -0.4 is 10.1 Å². The van der Waals surface area contributed by atoms with Crippen LogP contribution in [-0.4, -0.2) is 23.7 Å². The second-order valence-electron chi connectivity index (χ2n) is 3.52. The van der Waals surface area contributed by atoms with Gasteiger partial charge < -0.3 is 15.2 Å². The second-order valence-corrected chi connectivity index (χ2v) is 3.95. The molecule has 0 saturated heterocycles. The van der Waals surface area contributed by atoms with E-state index in [-0.39, 0.29) is 0 Å². The predicted octanol–water partition coefficient (Wildman–Crippen LogP) is 3.01. The van der Waals surface area contributed by atoms with Crippen molar-refractivity contribution >= 4 is 23.3 Å². The van der Waals surface area contributed by atoms with Gasteiger partial charge in [-0.3, -0.25) is 0 Å². The van der Waals surface area contributed by atoms with Crippen LogP contribution in [0.1, 0.15) is 20.3 Å². The fourth-order valence-corrected chi connectivity index (χ4v) is 1.59. The number of hydrogen-bond acceptors (Lipinski definition) is 3. The molecular weight excluding hydrogens is 242 g/mol. The number of halogens is 1. The molecule has 5 heteroatoms. The van der Waals surface area contributed by atoms with Gasteiger partial charge in [0.2, 0.25) is 0 Å². The molecule has 0 radical (unpaired) electrons. The van der Waals surface area contributed by atoms with Gasteiger partial charge in [-0.2, -0.15) is 0 Å². The number of benzene rings is 1. The van der Waals surface area contributed by atoms with E-state index in [2.05, 4.69) is 5.32 Å². The van der Waals surface area contributed by atoms with Gasteiger partial charge in [-0.1, -0.05) is 18.5 Å². The maximum Gasteiger partial charge on any atom is 0.326 e. The topological polar surface area (TPSA) is 58.6 Å². The van der Waals surface area contributed by atoms with Gasteiger partial charge in [-0.15, -0.1) is 0 Å². The number of anilines is 1. The maximum atomic E-state index is 11.0. The van der Waals surface area contributed by atoms with Gasteiger partial charge in [0.05, 0.1) is 12.3 Å². The van der Waals surface area contributed by atoms with Crippen molar-refractivity contribution in [3.05, 3.63) is 23.2 Å². The number of aliphatic carboxylic acids is 1. The SMILES string of the molecule is CCOc1ccc(Cl)cc1NC(CC)C(=O)O. The summed E-state index contributed by atoms with van der Waals surface area (Å²) in [5.41, 5.74) is 0.605. The van der Waals surface area contributed by atoms with Crippen molar-refractivity contribution in [2.24, 2.45) is 0 Å². The first-order valence-electron chi connectivity index (χ1n) is 5.50. The zero-order chi connectivity index (χ0) is 12.8. The average Bonchev–Trinajstić information content (AvgIpc) is 2.29. The monoisotopic (exact) mass is 257 g/mol. The third-order valence-corrected chi connectivity index (χ3v) is 2.51. The van der Waals surface area contributed by atoms with Crippen molar-refractivity contribution < 1.29 is 14.6 Å². The molecule has 0 spiro atoms. The molecule has 1 aromatic rings. The molecule has 0 saturated carbocycles. The summed E-state index contributed by atoms with van der Waals surface area (Å²) in [6.45, 7) is 4.18. The minimum Gasteiger partial charge on any atom is -0.492 e. The largest absolute Gasteiger partial charge is 0.492 e. The van der Waals surface area contributed by atoms with Crippen LogP contribution in [-0.2, 0) is 4.79 Å². The van der Waals surface area contributed by atoms with Gasteiger partial charge in [0.15, 0.2) is 0 Å². The lowest BCUT2D eigenvalue weighted by Crippen LogP contribution is -2.28. The minimum absolute atomic E-state index is 0.480. The third-order valence-electron chi connectivity index (χ3n) is 2.28. The van der Waals surface area contributed by atoms with E-state index in [0.29, 0.717) is 29.5 Å². The van der Waals surface area contributed by atoms with Crippen LogP contribution in [0.4, 0.5) is 5.69 Å². The van der Waals surface area contributed by atoms with E-state index in [1.807, 2.05) is 6.92 Å². The van der Waals surface area contributed by atoms with Crippen LogP contribution in [0.5, 0.6) is 5.75 Å². The molecule has 2 N–H and O–H groups in total. The number of carbonyl (C=O) groups is 1. The molecule has 1 atom stereocenters. The Morgan fingerprint density at radius 1 is 1.53 bits per heavy atom. The lowest BCUT2D eigenvalue weighted by molar-refractivity contribution is -0.137. The molecule has 0 aliphatic rings. The van der Waals surface area contributed by atoms with Crippen molar-refractivity contribution in [2.75, 3.05) is 11.9 Å². The number of carboxylic acids is 1. The van der Waals surface area contributed by atoms with E-state index in [0.717, 1.165) is 0 Å². The first kappa shape index (κ1) is 13.6. The van der Waals surface area contributed by atoms with Crippen molar-refractivity contribution in [2.45, 2.75) is 26.3 Å². The lowest BCUT2D eigenvalue weighted by atomic mass is 10.2. The second kappa shape index (κ2) is 6.35. The van der Waals surface area contributed by atoms with Gasteiger partial charge in [0, 0.05) is 5.02 Å². The summed E-state index contributed by atoms with van der Waals surface area (Å²) in [5, 5.41) is 12.4. The van der Waals surface area contributed by atoms with Crippen LogP contribution in [0.3, 0.4) is 0 Å². The zero-order valence-corrected chi connectivity index (χ0v) is 10.6. The number of carboxylic acid groups (broad SMARTS) is 1. The van der Waals surface area contributed by atoms with Gasteiger partial charge in [0.1, 0.15) is 11.8 Å². The molecule has 17 heavy (non-hydrogen) atoms. The molecule has 0 fully saturated rings. The van der Waals surface area contributed by atoms with Crippen LogP contribution in [0, 0.1) is 0 Å². The molecule has 0 amide bonds. The molecule has 1 aromatic carbocycles. The highest BCUT2D eigenvalue weighted by Crippen LogP contribution is 2.28. The van der Waals surface area contributed by atoms with E-state index >= 15 is 0 Å². The van der Waals surface area contributed by atoms with Crippen molar-refractivity contribution in [3.63, 3.8) is 0 Å². The summed E-state index contributed by atoms with van der Waals surface area (Å²) < 4.78 is 5.40. The summed E-state index contributed by atoms with van der Waals surface area (Å²) in [5.74, 6) is -0.286. The quantitative estimate of drug-likeness (QED) is 0.823. The molecule has 1 unspecified atom stereocenters. The highest BCUT2D eigenvalue weighted by Gasteiger charge is 2.16. The Balaban J connectivity index is 2.94. The highest BCUT2D eigenvalue weighted by atomic mass is 35.5. The predicted molar refractivity (Wildman–Crippen MR) is 68.0 cm³/mol. The Hall–Kier alpha value is -1.42. The molecule has 0 aliphatic carbocycles. The van der Waals surface area contributed by atoms with E-state index in [9.17, 15) is 4.79 Å². The first-order chi connectivity index (χ1) is 8.08. The summed E-state index contributed by atoms with van der Waals surface area (Å²) >= 11 is 5.88. The fraction of sp³-hybridized carbons (Fsp3) is 0.417. The van der Waals surface area contributed by atoms with Crippen LogP contribution in [0.25, 0.3) is 0 Å². The van der Waals surface area contributed by atoms with Gasteiger partial charge >= 0.3 is 5.97 Å². The van der Waals surface area contributed by atoms with Crippen molar-refractivity contribution in [3.8, 4) is 5.75 Å². The molecule has 94 valence electrons. The van der Waals surface area contributed by atoms with Crippen LogP contribution in [0.15, 0.2) is 18.2 Å². The molecule has 0 bridgehead atoms. The van der Waals surface area contributed by atoms with Gasteiger partial charge in [0.25, 0.3) is 0 Å². The molecular formula is C12H16ClNO3. The van der Waals surface area contributed by atoms with Gasteiger partial charge in [-0.05, 0) is 31.5 Å². The standard InChI is InChI=1S/C12H16ClNO3/c1-3-9(12(15)16)14-10-7-8(13)5-6-11(10)17-4-2/h5-7,9,14H,3-4H2,1-2H3,(H,15,16). The Kier molecular flexibility index (Phi) is 5.10. The van der Waals surface area contributed by atoms with E-state index in [4.69, 9.17) is 21.4 Å². The smallest absolute Gasteiger partial charge is 0.326 e. The Bertz CT molecular complexity index is 395. The van der Waals surface area contributed by atoms with Gasteiger partial charge in [-0.25, -0.2) is 4.79 Å². The Labute approximate surface area is 106 Å². The van der Waals surface area contributed by atoms with E-state index < -0.39 is 12.0 Å². The summed E-state index contributed by atoms with van der Waals surface area (Å²) in [6.07, 6.45) is 0.480. The van der Waals surface area contributed by atoms with E-state index in [1.54, 1.807) is 25.1 Å². The summed E-state index contributed by atoms with van der Waals surface area (Å²) in [7, 11) is 0. The van der Waals surface area contributed by atoms with Crippen LogP contribution >= 0.6 is 11.6 Å². The zero-order valence-electron chi connectivity index (χ0n) is 9.87. The normalized spacial score (nSPS) is 11.9. The first-order valence-corrected chi connectivity index (χ1v) is 5.88. The van der Waals surface area contributed by atoms with Crippen LogP contribution in [0.2, 0.25) is 5.02 Å². The number of hydrogen-bond donors (Lipinski definition) is 2. The van der Waals surface area contributed by atoms with Crippen molar-refractivity contribution in [1.29, 1.82) is 0 Å². The highest BCUT2D eigenvalue weighted by molar-refractivity contribution is 6.30. The molecule has 4 nitrogen and oxygen atoms in total. The minimum atomic E-state index is -0.894. The number of ether oxygens (including phenoxy) is 1. The number of nitrogens with one attached hydrogen (secondary N) is 1. The average molecular weight is 258 g/mol. The van der Waals surface area contributed by atoms with E-state index in [1.165, 1.54) is 0 Å². The molecule has 0 aromatic heterocycles. The number of rotatable bonds is 6. The summed E-state index contributed by atoms with van der Waals surface area (Å²) in [6, 6.07) is 4.45. The maximum absolute atomic E-state index is 11.0. The molecule has 1 rings (SSSR count). The van der Waals surface area contributed by atoms with Crippen molar-refractivity contribution in [1.82, 2.24) is 0 Å². The lowest BCUT2D eigenvalue weighted by Gasteiger charge is -2.17. The Morgan fingerprint density at radius 2 is 2.24 bits per heavy atom.